The van der Waals surface area contributed by atoms with Gasteiger partial charge < -0.3 is 10.4 Å². The number of amides is 1. The van der Waals surface area contributed by atoms with E-state index < -0.39 is 0 Å². The third-order valence-electron chi connectivity index (χ3n) is 5.57. The molecule has 3 heteroatoms. The Morgan fingerprint density at radius 1 is 1.22 bits per heavy atom. The lowest BCUT2D eigenvalue weighted by molar-refractivity contribution is -0.147. The van der Waals surface area contributed by atoms with Crippen molar-refractivity contribution in [3.63, 3.8) is 0 Å². The molecule has 102 valence electrons. The fourth-order valence-electron chi connectivity index (χ4n) is 5.00. The highest BCUT2D eigenvalue weighted by molar-refractivity contribution is 5.83. The van der Waals surface area contributed by atoms with Gasteiger partial charge in [0, 0.05) is 5.41 Å². The monoisotopic (exact) mass is 251 g/mol. The van der Waals surface area contributed by atoms with Gasteiger partial charge in [-0.3, -0.25) is 4.79 Å². The second-order valence-electron chi connectivity index (χ2n) is 6.96. The Kier molecular flexibility index (Phi) is 3.13. The van der Waals surface area contributed by atoms with E-state index in [1.165, 1.54) is 19.3 Å². The van der Waals surface area contributed by atoms with Gasteiger partial charge in [-0.2, -0.15) is 0 Å². The van der Waals surface area contributed by atoms with Crippen LogP contribution >= 0.6 is 0 Å². The summed E-state index contributed by atoms with van der Waals surface area (Å²) in [4.78, 5) is 12.6. The van der Waals surface area contributed by atoms with Crippen molar-refractivity contribution in [3.8, 4) is 0 Å². The SMILES string of the molecule is CCC(CO)NC(=O)C12CC3CC(CC(C3)C1)C2. The molecule has 0 saturated heterocycles. The molecule has 0 aromatic rings. The van der Waals surface area contributed by atoms with Crippen LogP contribution in [-0.4, -0.2) is 23.7 Å². The van der Waals surface area contributed by atoms with Gasteiger partial charge >= 0.3 is 0 Å². The molecule has 2 N–H and O–H groups in total. The first kappa shape index (κ1) is 12.5. The zero-order valence-corrected chi connectivity index (χ0v) is 11.3. The van der Waals surface area contributed by atoms with Crippen molar-refractivity contribution in [1.29, 1.82) is 0 Å². The summed E-state index contributed by atoms with van der Waals surface area (Å²) in [6.45, 7) is 2.08. The number of carbonyl (C=O) groups excluding carboxylic acids is 1. The lowest BCUT2D eigenvalue weighted by Crippen LogP contribution is -2.55. The van der Waals surface area contributed by atoms with Crippen molar-refractivity contribution in [2.75, 3.05) is 6.61 Å². The molecule has 4 fully saturated rings. The highest BCUT2D eigenvalue weighted by atomic mass is 16.3. The molecule has 3 nitrogen and oxygen atoms in total. The van der Waals surface area contributed by atoms with E-state index >= 15 is 0 Å². The van der Waals surface area contributed by atoms with E-state index in [4.69, 9.17) is 0 Å². The maximum absolute atomic E-state index is 12.6. The minimum absolute atomic E-state index is 0.0505. The van der Waals surface area contributed by atoms with Gasteiger partial charge in [0.05, 0.1) is 12.6 Å². The van der Waals surface area contributed by atoms with Crippen molar-refractivity contribution < 1.29 is 9.90 Å². The minimum Gasteiger partial charge on any atom is -0.394 e. The van der Waals surface area contributed by atoms with Gasteiger partial charge in [0.1, 0.15) is 0 Å². The van der Waals surface area contributed by atoms with Crippen LogP contribution in [0.15, 0.2) is 0 Å². The Labute approximate surface area is 109 Å². The molecule has 4 saturated carbocycles. The van der Waals surface area contributed by atoms with Crippen molar-refractivity contribution in [2.45, 2.75) is 57.9 Å². The van der Waals surface area contributed by atoms with Crippen LogP contribution in [0.2, 0.25) is 0 Å². The first-order chi connectivity index (χ1) is 8.65. The van der Waals surface area contributed by atoms with Crippen LogP contribution in [0.4, 0.5) is 0 Å². The lowest BCUT2D eigenvalue weighted by atomic mass is 9.49. The minimum atomic E-state index is -0.0721. The number of aliphatic hydroxyl groups excluding tert-OH is 1. The summed E-state index contributed by atoms with van der Waals surface area (Å²) in [5.41, 5.74) is -0.0721. The Morgan fingerprint density at radius 3 is 2.11 bits per heavy atom. The van der Waals surface area contributed by atoms with E-state index in [0.29, 0.717) is 0 Å². The molecule has 0 radical (unpaired) electrons. The molecular weight excluding hydrogens is 226 g/mol. The molecule has 1 unspecified atom stereocenters. The fraction of sp³-hybridized carbons (Fsp3) is 0.933. The van der Waals surface area contributed by atoms with Crippen LogP contribution in [-0.2, 0) is 4.79 Å². The molecule has 1 atom stereocenters. The van der Waals surface area contributed by atoms with E-state index in [0.717, 1.165) is 43.4 Å². The zero-order chi connectivity index (χ0) is 12.8. The van der Waals surface area contributed by atoms with Gasteiger partial charge in [-0.15, -0.1) is 0 Å². The van der Waals surface area contributed by atoms with Crippen LogP contribution in [0.25, 0.3) is 0 Å². The maximum atomic E-state index is 12.6. The maximum Gasteiger partial charge on any atom is 0.226 e. The third kappa shape index (κ3) is 1.97. The molecule has 0 aliphatic heterocycles. The third-order valence-corrected chi connectivity index (χ3v) is 5.57. The van der Waals surface area contributed by atoms with E-state index in [1.807, 2.05) is 6.92 Å². The molecule has 0 heterocycles. The quantitative estimate of drug-likeness (QED) is 0.804. The molecule has 18 heavy (non-hydrogen) atoms. The van der Waals surface area contributed by atoms with E-state index in [-0.39, 0.29) is 24.0 Å². The molecule has 1 amide bonds. The Morgan fingerprint density at radius 2 is 1.72 bits per heavy atom. The van der Waals surface area contributed by atoms with Crippen LogP contribution < -0.4 is 5.32 Å². The molecule has 0 aromatic carbocycles. The molecular formula is C15H25NO2. The normalized spacial score (nSPS) is 42.9. The van der Waals surface area contributed by atoms with E-state index in [2.05, 4.69) is 5.32 Å². The van der Waals surface area contributed by atoms with E-state index in [9.17, 15) is 9.90 Å². The van der Waals surface area contributed by atoms with Crippen molar-refractivity contribution in [1.82, 2.24) is 5.32 Å². The van der Waals surface area contributed by atoms with E-state index in [1.54, 1.807) is 0 Å². The molecule has 4 aliphatic rings. The highest BCUT2D eigenvalue weighted by Crippen LogP contribution is 2.60. The Hall–Kier alpha value is -0.570. The van der Waals surface area contributed by atoms with Gasteiger partial charge in [-0.05, 0) is 62.7 Å². The number of aliphatic hydroxyl groups is 1. The van der Waals surface area contributed by atoms with Crippen molar-refractivity contribution in [2.24, 2.45) is 23.2 Å². The standard InChI is InChI=1S/C15H25NO2/c1-2-13(9-17)16-14(18)15-6-10-3-11(7-15)5-12(4-10)8-15/h10-13,17H,2-9H2,1H3,(H,16,18). The van der Waals surface area contributed by atoms with Gasteiger partial charge in [-0.1, -0.05) is 6.92 Å². The van der Waals surface area contributed by atoms with Crippen molar-refractivity contribution >= 4 is 5.91 Å². The number of carbonyl (C=O) groups is 1. The fourth-order valence-corrected chi connectivity index (χ4v) is 5.00. The summed E-state index contributed by atoms with van der Waals surface area (Å²) in [6.07, 6.45) is 8.22. The average molecular weight is 251 g/mol. The summed E-state index contributed by atoms with van der Waals surface area (Å²) in [5, 5.41) is 12.3. The number of nitrogens with one attached hydrogen (secondary N) is 1. The summed E-state index contributed by atoms with van der Waals surface area (Å²) in [7, 11) is 0. The molecule has 4 aliphatic carbocycles. The lowest BCUT2D eigenvalue weighted by Gasteiger charge is -2.55. The molecule has 4 bridgehead atoms. The topological polar surface area (TPSA) is 49.3 Å². The first-order valence-corrected chi connectivity index (χ1v) is 7.57. The van der Waals surface area contributed by atoms with Crippen molar-refractivity contribution in [3.05, 3.63) is 0 Å². The second-order valence-corrected chi connectivity index (χ2v) is 6.96. The Bertz CT molecular complexity index is 300. The summed E-state index contributed by atoms with van der Waals surface area (Å²) >= 11 is 0. The van der Waals surface area contributed by atoms with Gasteiger partial charge in [0.15, 0.2) is 0 Å². The number of rotatable bonds is 4. The largest absolute Gasteiger partial charge is 0.394 e. The summed E-state index contributed by atoms with van der Waals surface area (Å²) in [6, 6.07) is -0.0505. The first-order valence-electron chi connectivity index (χ1n) is 7.57. The summed E-state index contributed by atoms with van der Waals surface area (Å²) in [5.74, 6) is 2.64. The second kappa shape index (κ2) is 4.52. The molecule has 0 aromatic heterocycles. The molecule has 4 rings (SSSR count). The number of hydrogen-bond donors (Lipinski definition) is 2. The average Bonchev–Trinajstić information content (AvgIpc) is 2.34. The van der Waals surface area contributed by atoms with Crippen LogP contribution in [0.5, 0.6) is 0 Å². The Balaban J connectivity index is 1.73. The predicted molar refractivity (Wildman–Crippen MR) is 69.9 cm³/mol. The zero-order valence-electron chi connectivity index (χ0n) is 11.3. The highest BCUT2D eigenvalue weighted by Gasteiger charge is 2.54. The van der Waals surface area contributed by atoms with Crippen LogP contribution in [0.1, 0.15) is 51.9 Å². The van der Waals surface area contributed by atoms with Crippen LogP contribution in [0.3, 0.4) is 0 Å². The molecule has 0 spiro atoms. The van der Waals surface area contributed by atoms with Gasteiger partial charge in [0.25, 0.3) is 0 Å². The van der Waals surface area contributed by atoms with Gasteiger partial charge in [0.2, 0.25) is 5.91 Å². The van der Waals surface area contributed by atoms with Crippen LogP contribution in [0, 0.1) is 23.2 Å². The predicted octanol–water partition coefficient (Wildman–Crippen LogP) is 2.09. The summed E-state index contributed by atoms with van der Waals surface area (Å²) < 4.78 is 0. The smallest absolute Gasteiger partial charge is 0.226 e. The number of hydrogen-bond acceptors (Lipinski definition) is 2. The van der Waals surface area contributed by atoms with Gasteiger partial charge in [-0.25, -0.2) is 0 Å².